The molecule has 0 fully saturated rings. The average Bonchev–Trinajstić information content (AvgIpc) is 2.52. The van der Waals surface area contributed by atoms with Crippen molar-refractivity contribution in [3.05, 3.63) is 65.7 Å². The summed E-state index contributed by atoms with van der Waals surface area (Å²) in [5.41, 5.74) is 1.65. The molecule has 1 unspecified atom stereocenters. The summed E-state index contributed by atoms with van der Waals surface area (Å²) in [6.07, 6.45) is 3.09. The van der Waals surface area contributed by atoms with Gasteiger partial charge in [-0.2, -0.15) is 0 Å². The van der Waals surface area contributed by atoms with Crippen LogP contribution in [0.15, 0.2) is 48.7 Å². The third-order valence-corrected chi connectivity index (χ3v) is 3.28. The molecule has 110 valence electrons. The number of carbonyl (C=O) groups excluding carboxylic acids is 1. The first kappa shape index (κ1) is 15.2. The van der Waals surface area contributed by atoms with E-state index >= 15 is 0 Å². The molecule has 2 rings (SSSR count). The fraction of sp³-hybridized carbons (Fsp3) is 0.294. The molecule has 0 spiro atoms. The van der Waals surface area contributed by atoms with Crippen molar-refractivity contribution in [2.45, 2.75) is 25.7 Å². The topological polar surface area (TPSA) is 42.0 Å². The largest absolute Gasteiger partial charge is 0.356 e. The fourth-order valence-corrected chi connectivity index (χ4v) is 2.16. The van der Waals surface area contributed by atoms with Crippen molar-refractivity contribution >= 4 is 5.91 Å². The Morgan fingerprint density at radius 2 is 2.00 bits per heavy atom. The van der Waals surface area contributed by atoms with Crippen LogP contribution in [0.1, 0.15) is 30.5 Å². The van der Waals surface area contributed by atoms with E-state index in [-0.39, 0.29) is 17.6 Å². The maximum absolute atomic E-state index is 13.1. The van der Waals surface area contributed by atoms with Crippen molar-refractivity contribution in [2.24, 2.45) is 0 Å². The number of pyridine rings is 1. The molecule has 0 bridgehead atoms. The summed E-state index contributed by atoms with van der Waals surface area (Å²) in [4.78, 5) is 16.6. The molecule has 0 aliphatic heterocycles. The molecule has 0 saturated heterocycles. The van der Waals surface area contributed by atoms with Crippen LogP contribution in [0.4, 0.5) is 4.39 Å². The fourth-order valence-electron chi connectivity index (χ4n) is 2.16. The lowest BCUT2D eigenvalue weighted by molar-refractivity contribution is -0.122. The summed E-state index contributed by atoms with van der Waals surface area (Å²) >= 11 is 0. The zero-order chi connectivity index (χ0) is 15.1. The van der Waals surface area contributed by atoms with Crippen LogP contribution >= 0.6 is 0 Å². The normalized spacial score (nSPS) is 11.9. The molecule has 4 heteroatoms. The summed E-state index contributed by atoms with van der Waals surface area (Å²) in [5.74, 6) is -0.703. The van der Waals surface area contributed by atoms with E-state index in [0.717, 1.165) is 17.7 Å². The lowest BCUT2D eigenvalue weighted by atomic mass is 9.93. The number of hydrogen-bond donors (Lipinski definition) is 1. The van der Waals surface area contributed by atoms with Gasteiger partial charge in [-0.3, -0.25) is 9.78 Å². The van der Waals surface area contributed by atoms with Crippen LogP contribution < -0.4 is 5.32 Å². The molecule has 1 aromatic heterocycles. The SMILES string of the molecule is CCCNC(=O)C(Cc1ccccn1)c1ccc(F)cc1. The Balaban J connectivity index is 2.21. The molecule has 1 N–H and O–H groups in total. The van der Waals surface area contributed by atoms with E-state index in [4.69, 9.17) is 0 Å². The van der Waals surface area contributed by atoms with Gasteiger partial charge in [-0.1, -0.05) is 25.1 Å². The van der Waals surface area contributed by atoms with Gasteiger partial charge >= 0.3 is 0 Å². The third kappa shape index (κ3) is 4.38. The smallest absolute Gasteiger partial charge is 0.227 e. The van der Waals surface area contributed by atoms with E-state index in [2.05, 4.69) is 10.3 Å². The van der Waals surface area contributed by atoms with Crippen molar-refractivity contribution in [2.75, 3.05) is 6.54 Å². The first-order valence-corrected chi connectivity index (χ1v) is 7.13. The van der Waals surface area contributed by atoms with Crippen LogP contribution in [0.25, 0.3) is 0 Å². The molecule has 1 amide bonds. The predicted octanol–water partition coefficient (Wildman–Crippen LogP) is 3.07. The standard InChI is InChI=1S/C17H19FN2O/c1-2-10-20-17(21)16(12-15-5-3-4-11-19-15)13-6-8-14(18)9-7-13/h3-9,11,16H,2,10,12H2,1H3,(H,20,21). The molecular weight excluding hydrogens is 267 g/mol. The summed E-state index contributed by atoms with van der Waals surface area (Å²) in [6, 6.07) is 11.7. The summed E-state index contributed by atoms with van der Waals surface area (Å²) < 4.78 is 13.1. The Bertz CT molecular complexity index is 569. The van der Waals surface area contributed by atoms with Gasteiger partial charge in [-0.15, -0.1) is 0 Å². The summed E-state index contributed by atoms with van der Waals surface area (Å²) in [5, 5.41) is 2.91. The van der Waals surface area contributed by atoms with Crippen LogP contribution in [0.2, 0.25) is 0 Å². The van der Waals surface area contributed by atoms with E-state index in [9.17, 15) is 9.18 Å². The minimum Gasteiger partial charge on any atom is -0.356 e. The van der Waals surface area contributed by atoms with Crippen LogP contribution in [-0.4, -0.2) is 17.4 Å². The van der Waals surface area contributed by atoms with E-state index in [1.54, 1.807) is 18.3 Å². The molecule has 2 aromatic rings. The average molecular weight is 286 g/mol. The van der Waals surface area contributed by atoms with Crippen LogP contribution in [0, 0.1) is 5.82 Å². The predicted molar refractivity (Wildman–Crippen MR) is 80.4 cm³/mol. The van der Waals surface area contributed by atoms with Crippen molar-refractivity contribution < 1.29 is 9.18 Å². The second-order valence-electron chi connectivity index (χ2n) is 4.92. The molecule has 21 heavy (non-hydrogen) atoms. The number of nitrogens with zero attached hydrogens (tertiary/aromatic N) is 1. The zero-order valence-corrected chi connectivity index (χ0v) is 12.1. The molecule has 1 aromatic carbocycles. The minimum atomic E-state index is -0.355. The molecule has 0 radical (unpaired) electrons. The van der Waals surface area contributed by atoms with Gasteiger partial charge in [-0.05, 0) is 36.2 Å². The Labute approximate surface area is 124 Å². The molecule has 1 heterocycles. The monoisotopic (exact) mass is 286 g/mol. The summed E-state index contributed by atoms with van der Waals surface area (Å²) in [7, 11) is 0. The van der Waals surface area contributed by atoms with E-state index in [1.165, 1.54) is 12.1 Å². The highest BCUT2D eigenvalue weighted by Gasteiger charge is 2.21. The van der Waals surface area contributed by atoms with Gasteiger partial charge in [0.05, 0.1) is 5.92 Å². The van der Waals surface area contributed by atoms with E-state index in [0.29, 0.717) is 13.0 Å². The van der Waals surface area contributed by atoms with Gasteiger partial charge in [-0.25, -0.2) is 4.39 Å². The van der Waals surface area contributed by atoms with Gasteiger partial charge in [0.25, 0.3) is 0 Å². The molecule has 0 aliphatic rings. The van der Waals surface area contributed by atoms with Crippen molar-refractivity contribution in [3.63, 3.8) is 0 Å². The number of halogens is 1. The third-order valence-electron chi connectivity index (χ3n) is 3.28. The van der Waals surface area contributed by atoms with Crippen molar-refractivity contribution in [3.8, 4) is 0 Å². The van der Waals surface area contributed by atoms with Crippen LogP contribution in [0.3, 0.4) is 0 Å². The van der Waals surface area contributed by atoms with Crippen LogP contribution in [0.5, 0.6) is 0 Å². The number of rotatable bonds is 6. The highest BCUT2D eigenvalue weighted by molar-refractivity contribution is 5.83. The van der Waals surface area contributed by atoms with Crippen molar-refractivity contribution in [1.29, 1.82) is 0 Å². The number of hydrogen-bond acceptors (Lipinski definition) is 2. The first-order valence-electron chi connectivity index (χ1n) is 7.13. The molecule has 0 saturated carbocycles. The second-order valence-corrected chi connectivity index (χ2v) is 4.92. The van der Waals surface area contributed by atoms with Crippen LogP contribution in [-0.2, 0) is 11.2 Å². The first-order chi connectivity index (χ1) is 10.2. The highest BCUT2D eigenvalue weighted by Crippen LogP contribution is 2.21. The van der Waals surface area contributed by atoms with E-state index in [1.807, 2.05) is 25.1 Å². The van der Waals surface area contributed by atoms with Gasteiger partial charge in [0, 0.05) is 24.9 Å². The summed E-state index contributed by atoms with van der Waals surface area (Å²) in [6.45, 7) is 2.64. The van der Waals surface area contributed by atoms with Crippen molar-refractivity contribution in [1.82, 2.24) is 10.3 Å². The number of amides is 1. The Morgan fingerprint density at radius 1 is 1.24 bits per heavy atom. The second kappa shape index (κ2) is 7.53. The van der Waals surface area contributed by atoms with Gasteiger partial charge < -0.3 is 5.32 Å². The molecule has 0 aliphatic carbocycles. The number of benzene rings is 1. The lowest BCUT2D eigenvalue weighted by Gasteiger charge is -2.17. The lowest BCUT2D eigenvalue weighted by Crippen LogP contribution is -2.31. The molecule has 3 nitrogen and oxygen atoms in total. The van der Waals surface area contributed by atoms with Gasteiger partial charge in [0.1, 0.15) is 5.82 Å². The minimum absolute atomic E-state index is 0.0471. The Morgan fingerprint density at radius 3 is 2.62 bits per heavy atom. The Kier molecular flexibility index (Phi) is 5.43. The molecule has 1 atom stereocenters. The van der Waals surface area contributed by atoms with Gasteiger partial charge in [0.2, 0.25) is 5.91 Å². The number of nitrogens with one attached hydrogen (secondary N) is 1. The number of aromatic nitrogens is 1. The van der Waals surface area contributed by atoms with Gasteiger partial charge in [0.15, 0.2) is 0 Å². The quantitative estimate of drug-likeness (QED) is 0.886. The number of carbonyl (C=O) groups is 1. The van der Waals surface area contributed by atoms with E-state index < -0.39 is 0 Å². The maximum Gasteiger partial charge on any atom is 0.227 e. The maximum atomic E-state index is 13.1. The Hall–Kier alpha value is -2.23. The zero-order valence-electron chi connectivity index (χ0n) is 12.1. The molecular formula is C17H19FN2O. The highest BCUT2D eigenvalue weighted by atomic mass is 19.1.